The van der Waals surface area contributed by atoms with Crippen molar-refractivity contribution < 1.29 is 0 Å². The van der Waals surface area contributed by atoms with E-state index in [1.165, 1.54) is 16.1 Å². The molecule has 0 aliphatic rings. The standard InChI is InChI=1S/C12H18N4S/c1-9-11(8-14-16(9)2)12(15-13)6-5-10-4-3-7-17-10/h3-4,7-8,12,15H,5-6,13H2,1-2H3. The van der Waals surface area contributed by atoms with Gasteiger partial charge in [-0.2, -0.15) is 5.10 Å². The third-order valence-corrected chi connectivity index (χ3v) is 4.05. The molecule has 1 atom stereocenters. The number of nitrogens with one attached hydrogen (secondary N) is 1. The summed E-state index contributed by atoms with van der Waals surface area (Å²) in [5.74, 6) is 5.64. The molecule has 0 aliphatic heterocycles. The Kier molecular flexibility index (Phi) is 3.93. The van der Waals surface area contributed by atoms with Crippen LogP contribution in [-0.4, -0.2) is 9.78 Å². The molecule has 0 saturated heterocycles. The highest BCUT2D eigenvalue weighted by Crippen LogP contribution is 2.22. The molecule has 0 aliphatic carbocycles. The lowest BCUT2D eigenvalue weighted by molar-refractivity contribution is 0.515. The van der Waals surface area contributed by atoms with Gasteiger partial charge in [0.05, 0.1) is 6.20 Å². The molecule has 17 heavy (non-hydrogen) atoms. The third kappa shape index (κ3) is 2.74. The maximum atomic E-state index is 5.64. The van der Waals surface area contributed by atoms with Gasteiger partial charge in [-0.05, 0) is 31.2 Å². The van der Waals surface area contributed by atoms with Crippen LogP contribution in [0.4, 0.5) is 0 Å². The van der Waals surface area contributed by atoms with Crippen molar-refractivity contribution >= 4 is 11.3 Å². The SMILES string of the molecule is Cc1c(C(CCc2cccs2)NN)cnn1C. The maximum Gasteiger partial charge on any atom is 0.0540 e. The van der Waals surface area contributed by atoms with Crippen LogP contribution >= 0.6 is 11.3 Å². The van der Waals surface area contributed by atoms with Crippen LogP contribution in [0, 0.1) is 6.92 Å². The molecule has 1 unspecified atom stereocenters. The Morgan fingerprint density at radius 3 is 2.94 bits per heavy atom. The quantitative estimate of drug-likeness (QED) is 0.630. The van der Waals surface area contributed by atoms with Gasteiger partial charge in [-0.25, -0.2) is 0 Å². The Bertz CT molecular complexity index is 461. The van der Waals surface area contributed by atoms with E-state index >= 15 is 0 Å². The molecular formula is C12H18N4S. The van der Waals surface area contributed by atoms with Crippen molar-refractivity contribution in [2.75, 3.05) is 0 Å². The van der Waals surface area contributed by atoms with Crippen LogP contribution in [0.2, 0.25) is 0 Å². The van der Waals surface area contributed by atoms with Crippen molar-refractivity contribution in [1.82, 2.24) is 15.2 Å². The molecular weight excluding hydrogens is 232 g/mol. The fourth-order valence-corrected chi connectivity index (χ4v) is 2.65. The molecule has 5 heteroatoms. The van der Waals surface area contributed by atoms with Crippen LogP contribution < -0.4 is 11.3 Å². The van der Waals surface area contributed by atoms with Gasteiger partial charge in [0.15, 0.2) is 0 Å². The number of hydrazine groups is 1. The number of aryl methyl sites for hydroxylation is 2. The lowest BCUT2D eigenvalue weighted by atomic mass is 10.0. The zero-order chi connectivity index (χ0) is 12.3. The molecule has 2 aromatic rings. The fourth-order valence-electron chi connectivity index (χ4n) is 1.93. The smallest absolute Gasteiger partial charge is 0.0540 e. The molecule has 0 amide bonds. The number of nitrogens with two attached hydrogens (primary N) is 1. The van der Waals surface area contributed by atoms with Gasteiger partial charge in [-0.15, -0.1) is 11.3 Å². The summed E-state index contributed by atoms with van der Waals surface area (Å²) in [6, 6.07) is 4.42. The summed E-state index contributed by atoms with van der Waals surface area (Å²) in [7, 11) is 1.95. The zero-order valence-electron chi connectivity index (χ0n) is 10.2. The first-order chi connectivity index (χ1) is 8.22. The number of rotatable bonds is 5. The molecule has 0 fully saturated rings. The molecule has 0 spiro atoms. The van der Waals surface area contributed by atoms with Crippen molar-refractivity contribution in [3.05, 3.63) is 39.8 Å². The molecule has 92 valence electrons. The van der Waals surface area contributed by atoms with Gasteiger partial charge in [0.1, 0.15) is 0 Å². The molecule has 4 nitrogen and oxygen atoms in total. The highest BCUT2D eigenvalue weighted by molar-refractivity contribution is 7.09. The molecule has 0 aromatic carbocycles. The second-order valence-corrected chi connectivity index (χ2v) is 5.18. The van der Waals surface area contributed by atoms with E-state index in [1.807, 2.05) is 17.9 Å². The molecule has 0 saturated carbocycles. The van der Waals surface area contributed by atoms with E-state index in [2.05, 4.69) is 35.0 Å². The van der Waals surface area contributed by atoms with Crippen LogP contribution in [0.3, 0.4) is 0 Å². The minimum absolute atomic E-state index is 0.172. The first-order valence-corrected chi connectivity index (χ1v) is 6.57. The Balaban J connectivity index is 2.04. The minimum atomic E-state index is 0.172. The van der Waals surface area contributed by atoms with Crippen LogP contribution in [-0.2, 0) is 13.5 Å². The Hall–Kier alpha value is -1.17. The Labute approximate surface area is 105 Å². The first-order valence-electron chi connectivity index (χ1n) is 5.69. The van der Waals surface area contributed by atoms with Crippen LogP contribution in [0.15, 0.2) is 23.7 Å². The summed E-state index contributed by atoms with van der Waals surface area (Å²) in [5, 5.41) is 6.36. The third-order valence-electron chi connectivity index (χ3n) is 3.11. The second kappa shape index (κ2) is 5.44. The van der Waals surface area contributed by atoms with Crippen molar-refractivity contribution in [1.29, 1.82) is 0 Å². The number of thiophene rings is 1. The summed E-state index contributed by atoms with van der Waals surface area (Å²) in [5.41, 5.74) is 5.24. The summed E-state index contributed by atoms with van der Waals surface area (Å²) in [6.07, 6.45) is 3.93. The van der Waals surface area contributed by atoms with E-state index in [0.717, 1.165) is 12.8 Å². The van der Waals surface area contributed by atoms with E-state index < -0.39 is 0 Å². The summed E-state index contributed by atoms with van der Waals surface area (Å²) >= 11 is 1.79. The van der Waals surface area contributed by atoms with Crippen molar-refractivity contribution in [3.8, 4) is 0 Å². The largest absolute Gasteiger partial charge is 0.273 e. The first kappa shape index (κ1) is 12.3. The lowest BCUT2D eigenvalue weighted by Crippen LogP contribution is -2.28. The van der Waals surface area contributed by atoms with Crippen molar-refractivity contribution in [3.63, 3.8) is 0 Å². The van der Waals surface area contributed by atoms with Gasteiger partial charge in [0, 0.05) is 29.2 Å². The van der Waals surface area contributed by atoms with E-state index in [9.17, 15) is 0 Å². The molecule has 0 bridgehead atoms. The van der Waals surface area contributed by atoms with E-state index in [-0.39, 0.29) is 6.04 Å². The zero-order valence-corrected chi connectivity index (χ0v) is 11.0. The van der Waals surface area contributed by atoms with E-state index in [4.69, 9.17) is 5.84 Å². The highest BCUT2D eigenvalue weighted by atomic mass is 32.1. The van der Waals surface area contributed by atoms with Crippen LogP contribution in [0.1, 0.15) is 28.6 Å². The summed E-state index contributed by atoms with van der Waals surface area (Å²) in [6.45, 7) is 2.07. The number of nitrogens with zero attached hydrogens (tertiary/aromatic N) is 2. The lowest BCUT2D eigenvalue weighted by Gasteiger charge is -2.15. The summed E-state index contributed by atoms with van der Waals surface area (Å²) < 4.78 is 1.88. The van der Waals surface area contributed by atoms with E-state index in [1.54, 1.807) is 11.3 Å². The van der Waals surface area contributed by atoms with Gasteiger partial charge in [-0.1, -0.05) is 6.07 Å². The average molecular weight is 250 g/mol. The maximum absolute atomic E-state index is 5.64. The van der Waals surface area contributed by atoms with Crippen LogP contribution in [0.25, 0.3) is 0 Å². The topological polar surface area (TPSA) is 55.9 Å². The summed E-state index contributed by atoms with van der Waals surface area (Å²) in [4.78, 5) is 1.40. The van der Waals surface area contributed by atoms with Gasteiger partial charge in [-0.3, -0.25) is 16.0 Å². The monoisotopic (exact) mass is 250 g/mol. The number of hydrogen-bond donors (Lipinski definition) is 2. The highest BCUT2D eigenvalue weighted by Gasteiger charge is 2.15. The normalized spacial score (nSPS) is 12.9. The number of aromatic nitrogens is 2. The Morgan fingerprint density at radius 1 is 1.59 bits per heavy atom. The van der Waals surface area contributed by atoms with E-state index in [0.29, 0.717) is 0 Å². The number of hydrogen-bond acceptors (Lipinski definition) is 4. The van der Waals surface area contributed by atoms with Gasteiger partial charge >= 0.3 is 0 Å². The van der Waals surface area contributed by atoms with Crippen molar-refractivity contribution in [2.24, 2.45) is 12.9 Å². The Morgan fingerprint density at radius 2 is 2.41 bits per heavy atom. The predicted octanol–water partition coefficient (Wildman–Crippen LogP) is 1.93. The molecule has 2 rings (SSSR count). The predicted molar refractivity (Wildman–Crippen MR) is 70.6 cm³/mol. The van der Waals surface area contributed by atoms with Gasteiger partial charge in [0.2, 0.25) is 0 Å². The minimum Gasteiger partial charge on any atom is -0.273 e. The van der Waals surface area contributed by atoms with Crippen LogP contribution in [0.5, 0.6) is 0 Å². The molecule has 2 heterocycles. The molecule has 0 radical (unpaired) electrons. The second-order valence-electron chi connectivity index (χ2n) is 4.15. The fraction of sp³-hybridized carbons (Fsp3) is 0.417. The molecule has 3 N–H and O–H groups in total. The average Bonchev–Trinajstić information content (AvgIpc) is 2.94. The van der Waals surface area contributed by atoms with Gasteiger partial charge in [0.25, 0.3) is 0 Å². The molecule has 2 aromatic heterocycles. The van der Waals surface area contributed by atoms with Crippen molar-refractivity contribution in [2.45, 2.75) is 25.8 Å². The van der Waals surface area contributed by atoms with Gasteiger partial charge < -0.3 is 0 Å².